The number of anilines is 2. The molecule has 2 unspecified atom stereocenters. The fraction of sp³-hybridized carbons (Fsp3) is 0.647. The molecule has 0 aliphatic carbocycles. The highest BCUT2D eigenvalue weighted by atomic mass is 16.5. The zero-order valence-corrected chi connectivity index (χ0v) is 13.2. The highest BCUT2D eigenvalue weighted by Gasteiger charge is 2.34. The van der Waals surface area contributed by atoms with E-state index in [1.54, 1.807) is 0 Å². The van der Waals surface area contributed by atoms with Crippen LogP contribution in [-0.4, -0.2) is 44.2 Å². The van der Waals surface area contributed by atoms with Crippen LogP contribution in [0.1, 0.15) is 26.2 Å². The summed E-state index contributed by atoms with van der Waals surface area (Å²) in [5.41, 5.74) is 7.96. The zero-order valence-electron chi connectivity index (χ0n) is 13.2. The van der Waals surface area contributed by atoms with Crippen LogP contribution in [0.15, 0.2) is 18.2 Å². The van der Waals surface area contributed by atoms with E-state index in [9.17, 15) is 0 Å². The van der Waals surface area contributed by atoms with E-state index < -0.39 is 0 Å². The highest BCUT2D eigenvalue weighted by Crippen LogP contribution is 2.34. The van der Waals surface area contributed by atoms with Crippen LogP contribution in [0.5, 0.6) is 5.75 Å². The molecule has 2 fully saturated rings. The molecule has 2 N–H and O–H groups in total. The monoisotopic (exact) mass is 289 g/mol. The van der Waals surface area contributed by atoms with E-state index in [1.807, 2.05) is 13.0 Å². The molecule has 4 nitrogen and oxygen atoms in total. The third kappa shape index (κ3) is 2.95. The number of fused-ring (bicyclic) bond motifs is 1. The summed E-state index contributed by atoms with van der Waals surface area (Å²) in [6.07, 6.45) is 3.95. The van der Waals surface area contributed by atoms with E-state index in [0.29, 0.717) is 6.61 Å². The van der Waals surface area contributed by atoms with Gasteiger partial charge in [-0.05, 0) is 57.8 Å². The maximum atomic E-state index is 5.98. The summed E-state index contributed by atoms with van der Waals surface area (Å²) in [7, 11) is 2.28. The Hall–Kier alpha value is -1.42. The van der Waals surface area contributed by atoms with Crippen molar-refractivity contribution in [1.82, 2.24) is 4.90 Å². The van der Waals surface area contributed by atoms with Gasteiger partial charge in [-0.25, -0.2) is 0 Å². The molecule has 2 heterocycles. The Labute approximate surface area is 127 Å². The van der Waals surface area contributed by atoms with Gasteiger partial charge in [0.2, 0.25) is 0 Å². The van der Waals surface area contributed by atoms with E-state index in [2.05, 4.69) is 29.0 Å². The standard InChI is InChI=1S/C17H27N3O/c1-3-21-17-11-14(6-7-15(17)18)20-10-8-16-13(12-20)5-4-9-19(16)2/h6-7,11,13,16H,3-5,8-10,12,18H2,1-2H3. The predicted molar refractivity (Wildman–Crippen MR) is 88.0 cm³/mol. The molecule has 2 saturated heterocycles. The number of piperidine rings is 2. The van der Waals surface area contributed by atoms with E-state index >= 15 is 0 Å². The van der Waals surface area contributed by atoms with Crippen LogP contribution in [0.4, 0.5) is 11.4 Å². The van der Waals surface area contributed by atoms with Crippen LogP contribution in [0.3, 0.4) is 0 Å². The molecule has 0 spiro atoms. The Morgan fingerprint density at radius 2 is 2.14 bits per heavy atom. The van der Waals surface area contributed by atoms with Gasteiger partial charge in [-0.3, -0.25) is 0 Å². The summed E-state index contributed by atoms with van der Waals surface area (Å²) in [6.45, 7) is 6.20. The number of nitrogens with zero attached hydrogens (tertiary/aromatic N) is 2. The topological polar surface area (TPSA) is 41.7 Å². The first-order valence-corrected chi connectivity index (χ1v) is 8.16. The van der Waals surface area contributed by atoms with Crippen molar-refractivity contribution in [3.63, 3.8) is 0 Å². The summed E-state index contributed by atoms with van der Waals surface area (Å²) in [6, 6.07) is 6.98. The van der Waals surface area contributed by atoms with Crippen molar-refractivity contribution < 1.29 is 4.74 Å². The maximum absolute atomic E-state index is 5.98. The number of hydrogen-bond acceptors (Lipinski definition) is 4. The van der Waals surface area contributed by atoms with Gasteiger partial charge in [-0.1, -0.05) is 0 Å². The molecule has 116 valence electrons. The normalized spacial score (nSPS) is 26.5. The van der Waals surface area contributed by atoms with Crippen LogP contribution in [0.25, 0.3) is 0 Å². The molecule has 2 aliphatic rings. The SMILES string of the molecule is CCOc1cc(N2CCC3C(CCCN3C)C2)ccc1N. The first kappa shape index (κ1) is 14.5. The van der Waals surface area contributed by atoms with Gasteiger partial charge in [0.05, 0.1) is 12.3 Å². The third-order valence-electron chi connectivity index (χ3n) is 5.01. The molecular formula is C17H27N3O. The summed E-state index contributed by atoms with van der Waals surface area (Å²) >= 11 is 0. The largest absolute Gasteiger partial charge is 0.492 e. The van der Waals surface area contributed by atoms with Gasteiger partial charge < -0.3 is 20.3 Å². The van der Waals surface area contributed by atoms with Gasteiger partial charge in [0.15, 0.2) is 0 Å². The molecule has 0 bridgehead atoms. The molecule has 3 rings (SSSR count). The van der Waals surface area contributed by atoms with Crippen molar-refractivity contribution >= 4 is 11.4 Å². The van der Waals surface area contributed by atoms with Crippen molar-refractivity contribution in [3.05, 3.63) is 18.2 Å². The average Bonchev–Trinajstić information content (AvgIpc) is 2.50. The Morgan fingerprint density at radius 3 is 2.95 bits per heavy atom. The van der Waals surface area contributed by atoms with E-state index in [4.69, 9.17) is 10.5 Å². The Kier molecular flexibility index (Phi) is 4.24. The van der Waals surface area contributed by atoms with Crippen LogP contribution in [0.2, 0.25) is 0 Å². The number of ether oxygens (including phenoxy) is 1. The molecule has 0 aromatic heterocycles. The minimum Gasteiger partial charge on any atom is -0.492 e. The molecule has 2 atom stereocenters. The van der Waals surface area contributed by atoms with E-state index in [1.165, 1.54) is 31.5 Å². The maximum Gasteiger partial charge on any atom is 0.144 e. The summed E-state index contributed by atoms with van der Waals surface area (Å²) in [4.78, 5) is 5.06. The molecule has 2 aliphatic heterocycles. The Morgan fingerprint density at radius 1 is 1.29 bits per heavy atom. The van der Waals surface area contributed by atoms with Gasteiger partial charge in [-0.2, -0.15) is 0 Å². The summed E-state index contributed by atoms with van der Waals surface area (Å²) in [5.74, 6) is 1.61. The molecule has 21 heavy (non-hydrogen) atoms. The molecule has 1 aromatic carbocycles. The smallest absolute Gasteiger partial charge is 0.144 e. The molecule has 4 heteroatoms. The lowest BCUT2D eigenvalue weighted by molar-refractivity contribution is 0.102. The van der Waals surface area contributed by atoms with Crippen LogP contribution < -0.4 is 15.4 Å². The lowest BCUT2D eigenvalue weighted by Gasteiger charge is -2.46. The number of nitrogen functional groups attached to an aromatic ring is 1. The number of rotatable bonds is 3. The van der Waals surface area contributed by atoms with Crippen molar-refractivity contribution in [2.24, 2.45) is 5.92 Å². The Balaban J connectivity index is 1.74. The zero-order chi connectivity index (χ0) is 14.8. The number of benzene rings is 1. The second kappa shape index (κ2) is 6.14. The molecule has 0 saturated carbocycles. The predicted octanol–water partition coefficient (Wildman–Crippen LogP) is 2.59. The number of hydrogen-bond donors (Lipinski definition) is 1. The minimum atomic E-state index is 0.656. The fourth-order valence-electron chi connectivity index (χ4n) is 3.89. The van der Waals surface area contributed by atoms with Gasteiger partial charge in [0.1, 0.15) is 5.75 Å². The van der Waals surface area contributed by atoms with Crippen molar-refractivity contribution in [3.8, 4) is 5.75 Å². The first-order valence-electron chi connectivity index (χ1n) is 8.16. The van der Waals surface area contributed by atoms with Crippen LogP contribution in [0, 0.1) is 5.92 Å². The van der Waals surface area contributed by atoms with Crippen molar-refractivity contribution in [2.45, 2.75) is 32.2 Å². The lowest BCUT2D eigenvalue weighted by atomic mass is 9.84. The van der Waals surface area contributed by atoms with Gasteiger partial charge in [-0.15, -0.1) is 0 Å². The van der Waals surface area contributed by atoms with Gasteiger partial charge in [0, 0.05) is 30.9 Å². The number of likely N-dealkylation sites (tertiary alicyclic amines) is 1. The van der Waals surface area contributed by atoms with Crippen LogP contribution >= 0.6 is 0 Å². The minimum absolute atomic E-state index is 0.656. The quantitative estimate of drug-likeness (QED) is 0.869. The molecule has 1 aromatic rings. The van der Waals surface area contributed by atoms with Crippen molar-refractivity contribution in [2.75, 3.05) is 43.9 Å². The summed E-state index contributed by atoms with van der Waals surface area (Å²) in [5, 5.41) is 0. The lowest BCUT2D eigenvalue weighted by Crippen LogP contribution is -2.52. The van der Waals surface area contributed by atoms with Crippen LogP contribution in [-0.2, 0) is 0 Å². The van der Waals surface area contributed by atoms with E-state index in [-0.39, 0.29) is 0 Å². The van der Waals surface area contributed by atoms with Gasteiger partial charge in [0.25, 0.3) is 0 Å². The van der Waals surface area contributed by atoms with E-state index in [0.717, 1.165) is 36.5 Å². The summed E-state index contributed by atoms with van der Waals surface area (Å²) < 4.78 is 5.63. The Bertz CT molecular complexity index is 491. The molecule has 0 amide bonds. The second-order valence-electron chi connectivity index (χ2n) is 6.34. The first-order chi connectivity index (χ1) is 10.2. The third-order valence-corrected chi connectivity index (χ3v) is 5.01. The molecular weight excluding hydrogens is 262 g/mol. The highest BCUT2D eigenvalue weighted by molar-refractivity contribution is 5.62. The fourth-order valence-corrected chi connectivity index (χ4v) is 3.89. The second-order valence-corrected chi connectivity index (χ2v) is 6.34. The van der Waals surface area contributed by atoms with Crippen molar-refractivity contribution in [1.29, 1.82) is 0 Å². The average molecular weight is 289 g/mol. The van der Waals surface area contributed by atoms with Gasteiger partial charge >= 0.3 is 0 Å². The molecule has 0 radical (unpaired) electrons. The number of nitrogens with two attached hydrogens (primary N) is 1.